The monoisotopic (exact) mass is 331 g/mol. The number of hydrogen-bond acceptors (Lipinski definition) is 4. The van der Waals surface area contributed by atoms with Gasteiger partial charge in [-0.15, -0.1) is 0 Å². The number of methoxy groups -OCH3 is 1. The zero-order chi connectivity index (χ0) is 16.6. The average molecular weight is 331 g/mol. The third-order valence-corrected chi connectivity index (χ3v) is 5.23. The van der Waals surface area contributed by atoms with Crippen molar-refractivity contribution in [2.75, 3.05) is 7.11 Å². The minimum Gasteiger partial charge on any atom is -0.497 e. The molecular formula is C16H13NO5S. The highest BCUT2D eigenvalue weighted by Gasteiger charge is 2.26. The van der Waals surface area contributed by atoms with Crippen LogP contribution in [0.3, 0.4) is 0 Å². The number of para-hydroxylation sites is 1. The number of rotatable bonds is 4. The van der Waals surface area contributed by atoms with E-state index in [0.29, 0.717) is 16.7 Å². The van der Waals surface area contributed by atoms with Gasteiger partial charge in [0, 0.05) is 5.39 Å². The Morgan fingerprint density at radius 2 is 1.74 bits per heavy atom. The number of hydrogen-bond donors (Lipinski definition) is 1. The van der Waals surface area contributed by atoms with Gasteiger partial charge >= 0.3 is 5.97 Å². The molecule has 1 aromatic heterocycles. The van der Waals surface area contributed by atoms with Crippen LogP contribution in [0, 0.1) is 0 Å². The molecule has 2 aromatic carbocycles. The molecule has 3 aromatic rings. The summed E-state index contributed by atoms with van der Waals surface area (Å²) in [6.45, 7) is 0. The second-order valence-corrected chi connectivity index (χ2v) is 6.63. The SMILES string of the molecule is COc1ccc(S(=O)(=O)n2c(C(=O)O)cc3ccccc32)cc1. The Morgan fingerprint density at radius 3 is 2.35 bits per heavy atom. The predicted molar refractivity (Wildman–Crippen MR) is 84.5 cm³/mol. The number of benzene rings is 2. The van der Waals surface area contributed by atoms with Crippen molar-refractivity contribution in [1.82, 2.24) is 3.97 Å². The Hall–Kier alpha value is -2.80. The first-order valence-electron chi connectivity index (χ1n) is 6.68. The maximum Gasteiger partial charge on any atom is 0.353 e. The predicted octanol–water partition coefficient (Wildman–Crippen LogP) is 2.59. The van der Waals surface area contributed by atoms with Gasteiger partial charge in [-0.3, -0.25) is 0 Å². The number of carboxylic acid groups (broad SMARTS) is 1. The Morgan fingerprint density at radius 1 is 1.09 bits per heavy atom. The molecule has 6 nitrogen and oxygen atoms in total. The summed E-state index contributed by atoms with van der Waals surface area (Å²) in [6, 6.07) is 13.8. The van der Waals surface area contributed by atoms with E-state index in [-0.39, 0.29) is 10.6 Å². The van der Waals surface area contributed by atoms with E-state index in [0.717, 1.165) is 3.97 Å². The molecule has 0 bridgehead atoms. The first kappa shape index (κ1) is 15.1. The van der Waals surface area contributed by atoms with Crippen LogP contribution in [0.5, 0.6) is 5.75 Å². The molecule has 0 aliphatic rings. The number of carboxylic acids is 1. The molecule has 0 amide bonds. The molecule has 3 rings (SSSR count). The van der Waals surface area contributed by atoms with Crippen LogP contribution in [0.4, 0.5) is 0 Å². The zero-order valence-corrected chi connectivity index (χ0v) is 12.9. The lowest BCUT2D eigenvalue weighted by Gasteiger charge is -2.10. The minimum absolute atomic E-state index is 0.0119. The van der Waals surface area contributed by atoms with Crippen LogP contribution in [-0.4, -0.2) is 30.6 Å². The standard InChI is InChI=1S/C16H13NO5S/c1-22-12-6-8-13(9-7-12)23(20,21)17-14-5-3-2-4-11(14)10-15(17)16(18)19/h2-10H,1H3,(H,18,19). The van der Waals surface area contributed by atoms with E-state index in [9.17, 15) is 18.3 Å². The lowest BCUT2D eigenvalue weighted by molar-refractivity contribution is 0.0689. The third kappa shape index (κ3) is 2.44. The smallest absolute Gasteiger partial charge is 0.353 e. The zero-order valence-electron chi connectivity index (χ0n) is 12.1. The van der Waals surface area contributed by atoms with Crippen molar-refractivity contribution >= 4 is 26.9 Å². The Labute approximate surface area is 132 Å². The van der Waals surface area contributed by atoms with E-state index < -0.39 is 16.0 Å². The van der Waals surface area contributed by atoms with Gasteiger partial charge in [0.1, 0.15) is 11.4 Å². The summed E-state index contributed by atoms with van der Waals surface area (Å²) in [4.78, 5) is 11.5. The Bertz CT molecular complexity index is 987. The molecule has 0 saturated heterocycles. The molecule has 0 radical (unpaired) electrons. The van der Waals surface area contributed by atoms with Gasteiger partial charge in [0.25, 0.3) is 10.0 Å². The van der Waals surface area contributed by atoms with Crippen LogP contribution in [0.1, 0.15) is 10.5 Å². The molecule has 23 heavy (non-hydrogen) atoms. The summed E-state index contributed by atoms with van der Waals surface area (Å²) < 4.78 is 31.6. The highest BCUT2D eigenvalue weighted by Crippen LogP contribution is 2.26. The summed E-state index contributed by atoms with van der Waals surface area (Å²) in [7, 11) is -2.56. The van der Waals surface area contributed by atoms with E-state index in [2.05, 4.69) is 0 Å². The van der Waals surface area contributed by atoms with Crippen LogP contribution < -0.4 is 4.74 Å². The molecule has 0 aliphatic heterocycles. The fraction of sp³-hybridized carbons (Fsp3) is 0.0625. The first-order valence-corrected chi connectivity index (χ1v) is 8.12. The van der Waals surface area contributed by atoms with Gasteiger partial charge < -0.3 is 9.84 Å². The molecule has 1 N–H and O–H groups in total. The number of ether oxygens (including phenoxy) is 1. The lowest BCUT2D eigenvalue weighted by atomic mass is 10.2. The molecule has 7 heteroatoms. The molecule has 0 atom stereocenters. The molecule has 0 fully saturated rings. The van der Waals surface area contributed by atoms with E-state index in [1.807, 2.05) is 0 Å². The van der Waals surface area contributed by atoms with Crippen molar-refractivity contribution in [2.45, 2.75) is 4.90 Å². The van der Waals surface area contributed by atoms with Crippen LogP contribution in [0.15, 0.2) is 59.5 Å². The molecule has 0 saturated carbocycles. The van der Waals surface area contributed by atoms with E-state index in [4.69, 9.17) is 4.74 Å². The summed E-state index contributed by atoms with van der Waals surface area (Å²) in [6.07, 6.45) is 0. The third-order valence-electron chi connectivity index (χ3n) is 3.48. The van der Waals surface area contributed by atoms with Gasteiger partial charge in [0.2, 0.25) is 0 Å². The number of fused-ring (bicyclic) bond motifs is 1. The minimum atomic E-state index is -4.04. The largest absolute Gasteiger partial charge is 0.497 e. The van der Waals surface area contributed by atoms with E-state index in [1.54, 1.807) is 24.3 Å². The first-order chi connectivity index (χ1) is 10.9. The van der Waals surface area contributed by atoms with Crippen molar-refractivity contribution in [3.05, 3.63) is 60.3 Å². The van der Waals surface area contributed by atoms with Gasteiger partial charge in [-0.05, 0) is 36.4 Å². The highest BCUT2D eigenvalue weighted by atomic mass is 32.2. The normalized spacial score (nSPS) is 11.5. The van der Waals surface area contributed by atoms with Crippen molar-refractivity contribution in [2.24, 2.45) is 0 Å². The molecule has 0 unspecified atom stereocenters. The van der Waals surface area contributed by atoms with Gasteiger partial charge in [0.15, 0.2) is 0 Å². The Kier molecular flexibility index (Phi) is 3.57. The molecule has 118 valence electrons. The number of aromatic carboxylic acids is 1. The van der Waals surface area contributed by atoms with Gasteiger partial charge in [-0.25, -0.2) is 17.2 Å². The highest BCUT2D eigenvalue weighted by molar-refractivity contribution is 7.90. The van der Waals surface area contributed by atoms with E-state index in [1.165, 1.54) is 37.4 Å². The lowest BCUT2D eigenvalue weighted by Crippen LogP contribution is -2.18. The second kappa shape index (κ2) is 5.44. The fourth-order valence-electron chi connectivity index (χ4n) is 2.39. The molecule has 0 aliphatic carbocycles. The number of nitrogens with zero attached hydrogens (tertiary/aromatic N) is 1. The summed E-state index contributed by atoms with van der Waals surface area (Å²) in [5, 5.41) is 9.90. The van der Waals surface area contributed by atoms with Crippen LogP contribution in [0.2, 0.25) is 0 Å². The molecule has 1 heterocycles. The van der Waals surface area contributed by atoms with Crippen molar-refractivity contribution in [1.29, 1.82) is 0 Å². The quantitative estimate of drug-likeness (QED) is 0.794. The number of carbonyl (C=O) groups is 1. The van der Waals surface area contributed by atoms with Crippen LogP contribution in [0.25, 0.3) is 10.9 Å². The van der Waals surface area contributed by atoms with Crippen molar-refractivity contribution in [3.63, 3.8) is 0 Å². The van der Waals surface area contributed by atoms with Crippen LogP contribution in [-0.2, 0) is 10.0 Å². The summed E-state index contributed by atoms with van der Waals surface area (Å²) in [5.74, 6) is -0.793. The van der Waals surface area contributed by atoms with Crippen LogP contribution >= 0.6 is 0 Å². The second-order valence-electron chi connectivity index (χ2n) is 4.84. The van der Waals surface area contributed by atoms with Crippen molar-refractivity contribution in [3.8, 4) is 5.75 Å². The summed E-state index contributed by atoms with van der Waals surface area (Å²) in [5.41, 5.74) is 0.0164. The molecule has 0 spiro atoms. The van der Waals surface area contributed by atoms with Gasteiger partial charge in [-0.1, -0.05) is 18.2 Å². The summed E-state index contributed by atoms with van der Waals surface area (Å²) >= 11 is 0. The fourth-order valence-corrected chi connectivity index (χ4v) is 3.90. The maximum absolute atomic E-state index is 12.9. The average Bonchev–Trinajstić information content (AvgIpc) is 2.95. The van der Waals surface area contributed by atoms with E-state index >= 15 is 0 Å². The van der Waals surface area contributed by atoms with Gasteiger partial charge in [-0.2, -0.15) is 0 Å². The molecular weight excluding hydrogens is 318 g/mol. The maximum atomic E-state index is 12.9. The number of aromatic nitrogens is 1. The van der Waals surface area contributed by atoms with Gasteiger partial charge in [0.05, 0.1) is 17.5 Å². The Balaban J connectivity index is 2.28. The topological polar surface area (TPSA) is 85.6 Å². The van der Waals surface area contributed by atoms with Crippen molar-refractivity contribution < 1.29 is 23.1 Å².